The maximum atomic E-state index is 11.7. The molecule has 0 radical (unpaired) electrons. The van der Waals surface area contributed by atoms with Crippen molar-refractivity contribution >= 4 is 37.6 Å². The van der Waals surface area contributed by atoms with Crippen molar-refractivity contribution in [3.63, 3.8) is 0 Å². The van der Waals surface area contributed by atoms with Crippen LogP contribution in [0.5, 0.6) is 0 Å². The largest absolute Gasteiger partial charge is 0.289 e. The molecule has 0 atom stereocenters. The van der Waals surface area contributed by atoms with Gasteiger partial charge in [0.05, 0.1) is 8.96 Å². The summed E-state index contributed by atoms with van der Waals surface area (Å²) in [6.07, 6.45) is 0. The van der Waals surface area contributed by atoms with E-state index in [0.29, 0.717) is 20.1 Å². The van der Waals surface area contributed by atoms with Crippen LogP contribution >= 0.6 is 31.9 Å². The van der Waals surface area contributed by atoms with E-state index < -0.39 is 10.5 Å². The van der Waals surface area contributed by atoms with Gasteiger partial charge in [-0.1, -0.05) is 0 Å². The topological polar surface area (TPSA) is 60.2 Å². The van der Waals surface area contributed by atoms with E-state index in [4.69, 9.17) is 0 Å². The molecule has 0 aromatic rings. The maximum Gasteiger partial charge on any atom is 0.282 e. The first kappa shape index (κ1) is 12.6. The number of nitrogens with zero attached hydrogens (tertiary/aromatic N) is 1. The van der Waals surface area contributed by atoms with Gasteiger partial charge in [-0.3, -0.25) is 14.9 Å². The van der Waals surface area contributed by atoms with E-state index in [-0.39, 0.29) is 5.78 Å². The quantitative estimate of drug-likeness (QED) is 0.545. The Bertz CT molecular complexity index is 395. The van der Waals surface area contributed by atoms with E-state index >= 15 is 0 Å². The summed E-state index contributed by atoms with van der Waals surface area (Å²) in [6, 6.07) is 0. The summed E-state index contributed by atoms with van der Waals surface area (Å²) in [5.41, 5.74) is -0.618. The van der Waals surface area contributed by atoms with Gasteiger partial charge in [-0.05, 0) is 45.7 Å². The molecule has 0 aliphatic heterocycles. The average Bonchev–Trinajstić information content (AvgIpc) is 2.20. The summed E-state index contributed by atoms with van der Waals surface area (Å²) in [5.74, 6) is -0.173. The molecule has 1 aliphatic carbocycles. The third-order valence-corrected chi connectivity index (χ3v) is 5.29. The van der Waals surface area contributed by atoms with E-state index in [0.717, 1.165) is 0 Å². The molecule has 1 rings (SSSR count). The predicted molar refractivity (Wildman–Crippen MR) is 63.7 cm³/mol. The van der Waals surface area contributed by atoms with Gasteiger partial charge in [0, 0.05) is 23.0 Å². The molecule has 82 valence electrons. The number of nitro groups is 1. The number of hydrogen-bond acceptors (Lipinski definition) is 3. The summed E-state index contributed by atoms with van der Waals surface area (Å²) >= 11 is 6.28. The number of rotatable bonds is 1. The lowest BCUT2D eigenvalue weighted by atomic mass is 9.87. The minimum Gasteiger partial charge on any atom is -0.289 e. The Hall–Kier alpha value is -0.490. The monoisotopic (exact) mass is 337 g/mol. The van der Waals surface area contributed by atoms with Crippen molar-refractivity contribution in [2.45, 2.75) is 26.3 Å². The van der Waals surface area contributed by atoms with Crippen molar-refractivity contribution in [2.24, 2.45) is 0 Å². The maximum absolute atomic E-state index is 11.7. The average molecular weight is 339 g/mol. The number of ketones is 1. The molecule has 0 bridgehead atoms. The van der Waals surface area contributed by atoms with Crippen molar-refractivity contribution in [3.8, 4) is 0 Å². The minimum atomic E-state index is -1.39. The van der Waals surface area contributed by atoms with Gasteiger partial charge in [-0.25, -0.2) is 0 Å². The Labute approximate surface area is 104 Å². The zero-order valence-corrected chi connectivity index (χ0v) is 11.6. The molecule has 0 heterocycles. The van der Waals surface area contributed by atoms with Gasteiger partial charge in [0.15, 0.2) is 5.78 Å². The van der Waals surface area contributed by atoms with Gasteiger partial charge in [0.1, 0.15) is 0 Å². The Balaban J connectivity index is 3.54. The van der Waals surface area contributed by atoms with Crippen molar-refractivity contribution in [1.29, 1.82) is 0 Å². The fourth-order valence-corrected chi connectivity index (χ4v) is 2.78. The molecule has 0 amide bonds. The third kappa shape index (κ3) is 1.59. The van der Waals surface area contributed by atoms with Crippen LogP contribution in [0.4, 0.5) is 0 Å². The lowest BCUT2D eigenvalue weighted by Gasteiger charge is -2.27. The van der Waals surface area contributed by atoms with Crippen molar-refractivity contribution < 1.29 is 9.72 Å². The Morgan fingerprint density at radius 1 is 1.20 bits per heavy atom. The first-order valence-electron chi connectivity index (χ1n) is 4.17. The summed E-state index contributed by atoms with van der Waals surface area (Å²) in [4.78, 5) is 22.3. The van der Waals surface area contributed by atoms with Gasteiger partial charge in [0.2, 0.25) is 0 Å². The molecule has 0 unspecified atom stereocenters. The van der Waals surface area contributed by atoms with Crippen LogP contribution in [0.3, 0.4) is 0 Å². The summed E-state index contributed by atoms with van der Waals surface area (Å²) in [7, 11) is 0. The fourth-order valence-electron chi connectivity index (χ4n) is 1.47. The molecule has 0 saturated heterocycles. The molecule has 0 spiro atoms. The number of hydrogen-bond donors (Lipinski definition) is 0. The molecular formula is C9H9Br2NO3. The van der Waals surface area contributed by atoms with E-state index in [2.05, 4.69) is 31.9 Å². The molecule has 1 aliphatic rings. The van der Waals surface area contributed by atoms with E-state index in [1.54, 1.807) is 13.8 Å². The SMILES string of the molecule is CC1=C(Br)C(C)([N+](=O)[O-])C(Br)=C(C)C1=O. The smallest absolute Gasteiger partial charge is 0.282 e. The highest BCUT2D eigenvalue weighted by atomic mass is 79.9. The van der Waals surface area contributed by atoms with Crippen LogP contribution in [-0.4, -0.2) is 16.2 Å². The summed E-state index contributed by atoms with van der Waals surface area (Å²) < 4.78 is 0.616. The van der Waals surface area contributed by atoms with E-state index in [9.17, 15) is 14.9 Å². The fraction of sp³-hybridized carbons (Fsp3) is 0.444. The zero-order valence-electron chi connectivity index (χ0n) is 8.43. The van der Waals surface area contributed by atoms with Crippen LogP contribution in [-0.2, 0) is 4.79 Å². The zero-order chi connectivity index (χ0) is 12.0. The second-order valence-corrected chi connectivity index (χ2v) is 5.12. The van der Waals surface area contributed by atoms with Gasteiger partial charge in [-0.2, -0.15) is 0 Å². The Morgan fingerprint density at radius 3 is 1.80 bits per heavy atom. The number of carbonyl (C=O) groups is 1. The van der Waals surface area contributed by atoms with Crippen molar-refractivity contribution in [1.82, 2.24) is 0 Å². The van der Waals surface area contributed by atoms with E-state index in [1.165, 1.54) is 6.92 Å². The standard InChI is InChI=1S/C9H9Br2NO3/c1-4-6(13)5(2)8(11)9(3,7(4)10)12(14)15/h1-3H3. The molecule has 6 heteroatoms. The summed E-state index contributed by atoms with van der Waals surface area (Å²) in [6.45, 7) is 4.62. The molecule has 15 heavy (non-hydrogen) atoms. The lowest BCUT2D eigenvalue weighted by Crippen LogP contribution is -2.40. The highest BCUT2D eigenvalue weighted by Gasteiger charge is 2.49. The highest BCUT2D eigenvalue weighted by molar-refractivity contribution is 9.12. The Morgan fingerprint density at radius 2 is 1.53 bits per heavy atom. The van der Waals surface area contributed by atoms with Crippen LogP contribution in [0.25, 0.3) is 0 Å². The number of Topliss-reactive ketones (excluding diaryl/α,β-unsaturated/α-hetero) is 1. The van der Waals surface area contributed by atoms with Crippen LogP contribution in [0.15, 0.2) is 20.1 Å². The lowest BCUT2D eigenvalue weighted by molar-refractivity contribution is -0.537. The van der Waals surface area contributed by atoms with Crippen LogP contribution in [0, 0.1) is 10.1 Å². The van der Waals surface area contributed by atoms with Crippen molar-refractivity contribution in [2.75, 3.05) is 0 Å². The normalized spacial score (nSPS) is 21.0. The van der Waals surface area contributed by atoms with Crippen LogP contribution < -0.4 is 0 Å². The number of carbonyl (C=O) groups excluding carboxylic acids is 1. The molecule has 0 aromatic heterocycles. The third-order valence-electron chi connectivity index (χ3n) is 2.56. The minimum absolute atomic E-state index is 0.173. The van der Waals surface area contributed by atoms with Gasteiger partial charge in [0.25, 0.3) is 5.54 Å². The first-order chi connectivity index (χ1) is 6.74. The molecule has 0 aromatic carbocycles. The first-order valence-corrected chi connectivity index (χ1v) is 5.76. The molecule has 0 fully saturated rings. The number of allylic oxidation sites excluding steroid dienone is 2. The van der Waals surface area contributed by atoms with Crippen molar-refractivity contribution in [3.05, 3.63) is 30.2 Å². The van der Waals surface area contributed by atoms with E-state index in [1.807, 2.05) is 0 Å². The van der Waals surface area contributed by atoms with Gasteiger partial charge >= 0.3 is 0 Å². The number of halogens is 2. The Kier molecular flexibility index (Phi) is 3.21. The predicted octanol–water partition coefficient (Wildman–Crippen LogP) is 2.94. The second-order valence-electron chi connectivity index (χ2n) is 3.54. The molecule has 4 nitrogen and oxygen atoms in total. The second kappa shape index (κ2) is 3.83. The molecule has 0 saturated carbocycles. The molecule has 0 N–H and O–H groups in total. The van der Waals surface area contributed by atoms with Crippen LogP contribution in [0.2, 0.25) is 0 Å². The summed E-state index contributed by atoms with van der Waals surface area (Å²) in [5, 5.41) is 11.1. The van der Waals surface area contributed by atoms with Gasteiger partial charge < -0.3 is 0 Å². The van der Waals surface area contributed by atoms with Crippen LogP contribution in [0.1, 0.15) is 20.8 Å². The highest BCUT2D eigenvalue weighted by Crippen LogP contribution is 2.44. The molecular weight excluding hydrogens is 330 g/mol. The van der Waals surface area contributed by atoms with Gasteiger partial charge in [-0.15, -0.1) is 0 Å².